The SMILES string of the molecule is COc1cc(C(N)CCc2ccccn2)ccc1Cl. The van der Waals surface area contributed by atoms with Gasteiger partial charge in [-0.15, -0.1) is 0 Å². The summed E-state index contributed by atoms with van der Waals surface area (Å²) < 4.78 is 5.20. The van der Waals surface area contributed by atoms with Crippen LogP contribution < -0.4 is 10.5 Å². The summed E-state index contributed by atoms with van der Waals surface area (Å²) in [4.78, 5) is 4.29. The molecule has 0 aliphatic rings. The molecule has 0 aliphatic carbocycles. The molecule has 0 aliphatic heterocycles. The molecule has 2 rings (SSSR count). The lowest BCUT2D eigenvalue weighted by Gasteiger charge is -2.13. The van der Waals surface area contributed by atoms with Gasteiger partial charge in [-0.3, -0.25) is 4.98 Å². The van der Waals surface area contributed by atoms with Crippen LogP contribution >= 0.6 is 11.6 Å². The van der Waals surface area contributed by atoms with Crippen molar-refractivity contribution in [2.24, 2.45) is 5.73 Å². The van der Waals surface area contributed by atoms with Gasteiger partial charge in [-0.2, -0.15) is 0 Å². The number of benzene rings is 1. The summed E-state index contributed by atoms with van der Waals surface area (Å²) in [6.45, 7) is 0. The minimum atomic E-state index is -0.0480. The van der Waals surface area contributed by atoms with Gasteiger partial charge in [0.05, 0.1) is 12.1 Å². The third-order valence-corrected chi connectivity index (χ3v) is 3.35. The molecule has 1 aromatic carbocycles. The molecule has 0 saturated heterocycles. The number of pyridine rings is 1. The second-order valence-corrected chi connectivity index (χ2v) is 4.77. The van der Waals surface area contributed by atoms with Crippen molar-refractivity contribution in [3.63, 3.8) is 0 Å². The average molecular weight is 277 g/mol. The van der Waals surface area contributed by atoms with Crippen LogP contribution in [-0.2, 0) is 6.42 Å². The van der Waals surface area contributed by atoms with Crippen LogP contribution in [0.5, 0.6) is 5.75 Å². The molecular formula is C15H17ClN2O. The summed E-state index contributed by atoms with van der Waals surface area (Å²) in [7, 11) is 1.60. The first-order valence-corrected chi connectivity index (χ1v) is 6.57. The zero-order chi connectivity index (χ0) is 13.7. The van der Waals surface area contributed by atoms with Crippen molar-refractivity contribution in [1.82, 2.24) is 4.98 Å². The van der Waals surface area contributed by atoms with E-state index in [1.54, 1.807) is 13.3 Å². The Morgan fingerprint density at radius 1 is 1.32 bits per heavy atom. The number of aryl methyl sites for hydroxylation is 1. The number of methoxy groups -OCH3 is 1. The molecule has 2 aromatic rings. The minimum Gasteiger partial charge on any atom is -0.495 e. The van der Waals surface area contributed by atoms with Gasteiger partial charge >= 0.3 is 0 Å². The number of nitrogens with zero attached hydrogens (tertiary/aromatic N) is 1. The van der Waals surface area contributed by atoms with Crippen LogP contribution in [0.2, 0.25) is 5.02 Å². The highest BCUT2D eigenvalue weighted by molar-refractivity contribution is 6.32. The number of hydrogen-bond acceptors (Lipinski definition) is 3. The molecule has 3 nitrogen and oxygen atoms in total. The third kappa shape index (κ3) is 3.69. The Hall–Kier alpha value is -1.58. The van der Waals surface area contributed by atoms with E-state index in [2.05, 4.69) is 4.98 Å². The van der Waals surface area contributed by atoms with E-state index in [-0.39, 0.29) is 6.04 Å². The van der Waals surface area contributed by atoms with Crippen molar-refractivity contribution >= 4 is 11.6 Å². The lowest BCUT2D eigenvalue weighted by atomic mass is 10.0. The summed E-state index contributed by atoms with van der Waals surface area (Å²) in [5.41, 5.74) is 8.27. The number of nitrogens with two attached hydrogens (primary N) is 1. The lowest BCUT2D eigenvalue weighted by molar-refractivity contribution is 0.414. The molecule has 0 saturated carbocycles. The number of rotatable bonds is 5. The molecule has 1 atom stereocenters. The van der Waals surface area contributed by atoms with E-state index in [0.717, 1.165) is 24.1 Å². The van der Waals surface area contributed by atoms with Gasteiger partial charge in [0.1, 0.15) is 5.75 Å². The maximum Gasteiger partial charge on any atom is 0.137 e. The van der Waals surface area contributed by atoms with Gasteiger partial charge in [-0.05, 0) is 42.7 Å². The first kappa shape index (κ1) is 13.8. The number of ether oxygens (including phenoxy) is 1. The van der Waals surface area contributed by atoms with Crippen LogP contribution in [-0.4, -0.2) is 12.1 Å². The van der Waals surface area contributed by atoms with Crippen LogP contribution in [0.1, 0.15) is 23.7 Å². The van der Waals surface area contributed by atoms with Crippen LogP contribution in [0, 0.1) is 0 Å². The molecule has 1 aromatic heterocycles. The van der Waals surface area contributed by atoms with Gasteiger partial charge in [-0.25, -0.2) is 0 Å². The van der Waals surface area contributed by atoms with Crippen molar-refractivity contribution in [2.45, 2.75) is 18.9 Å². The molecule has 1 unspecified atom stereocenters. The van der Waals surface area contributed by atoms with E-state index in [4.69, 9.17) is 22.1 Å². The predicted octanol–water partition coefficient (Wildman–Crippen LogP) is 3.38. The summed E-state index contributed by atoms with van der Waals surface area (Å²) in [5, 5.41) is 0.600. The molecule has 100 valence electrons. The molecule has 19 heavy (non-hydrogen) atoms. The molecule has 0 radical (unpaired) electrons. The summed E-state index contributed by atoms with van der Waals surface area (Å²) in [6, 6.07) is 11.5. The Kier molecular flexibility index (Phi) is 4.77. The van der Waals surface area contributed by atoms with E-state index < -0.39 is 0 Å². The maximum absolute atomic E-state index is 6.19. The molecule has 0 fully saturated rings. The molecule has 1 heterocycles. The first-order chi connectivity index (χ1) is 9.20. The van der Waals surface area contributed by atoms with Crippen LogP contribution in [0.15, 0.2) is 42.6 Å². The van der Waals surface area contributed by atoms with E-state index in [0.29, 0.717) is 10.8 Å². The van der Waals surface area contributed by atoms with Gasteiger partial charge in [0.25, 0.3) is 0 Å². The van der Waals surface area contributed by atoms with E-state index in [1.807, 2.05) is 36.4 Å². The monoisotopic (exact) mass is 276 g/mol. The van der Waals surface area contributed by atoms with Crippen molar-refractivity contribution in [2.75, 3.05) is 7.11 Å². The topological polar surface area (TPSA) is 48.1 Å². The van der Waals surface area contributed by atoms with Crippen LogP contribution in [0.4, 0.5) is 0 Å². The molecule has 0 bridgehead atoms. The van der Waals surface area contributed by atoms with Crippen molar-refractivity contribution in [3.8, 4) is 5.75 Å². The zero-order valence-electron chi connectivity index (χ0n) is 10.8. The fourth-order valence-corrected chi connectivity index (χ4v) is 2.12. The van der Waals surface area contributed by atoms with Crippen molar-refractivity contribution < 1.29 is 4.74 Å². The largest absolute Gasteiger partial charge is 0.495 e. The molecular weight excluding hydrogens is 260 g/mol. The van der Waals surface area contributed by atoms with Gasteiger partial charge < -0.3 is 10.5 Å². The summed E-state index contributed by atoms with van der Waals surface area (Å²) >= 11 is 6.00. The average Bonchev–Trinajstić information content (AvgIpc) is 2.46. The second kappa shape index (κ2) is 6.55. The maximum atomic E-state index is 6.19. The van der Waals surface area contributed by atoms with Gasteiger partial charge in [-0.1, -0.05) is 23.7 Å². The van der Waals surface area contributed by atoms with Gasteiger partial charge in [0, 0.05) is 17.9 Å². The quantitative estimate of drug-likeness (QED) is 0.911. The normalized spacial score (nSPS) is 12.2. The Balaban J connectivity index is 2.02. The van der Waals surface area contributed by atoms with E-state index in [1.165, 1.54) is 0 Å². The highest BCUT2D eigenvalue weighted by Crippen LogP contribution is 2.28. The Morgan fingerprint density at radius 3 is 2.84 bits per heavy atom. The minimum absolute atomic E-state index is 0.0480. The number of hydrogen-bond donors (Lipinski definition) is 1. The smallest absolute Gasteiger partial charge is 0.137 e. The summed E-state index contributed by atoms with van der Waals surface area (Å²) in [5.74, 6) is 0.660. The highest BCUT2D eigenvalue weighted by Gasteiger charge is 2.09. The first-order valence-electron chi connectivity index (χ1n) is 6.19. The highest BCUT2D eigenvalue weighted by atomic mass is 35.5. The van der Waals surface area contributed by atoms with Crippen LogP contribution in [0.25, 0.3) is 0 Å². The zero-order valence-corrected chi connectivity index (χ0v) is 11.6. The van der Waals surface area contributed by atoms with E-state index >= 15 is 0 Å². The van der Waals surface area contributed by atoms with Crippen molar-refractivity contribution in [1.29, 1.82) is 0 Å². The second-order valence-electron chi connectivity index (χ2n) is 4.36. The number of halogens is 1. The lowest BCUT2D eigenvalue weighted by Crippen LogP contribution is -2.11. The fourth-order valence-electron chi connectivity index (χ4n) is 1.92. The Labute approximate surface area is 118 Å². The number of aromatic nitrogens is 1. The predicted molar refractivity (Wildman–Crippen MR) is 77.5 cm³/mol. The standard InChI is InChI=1S/C15H17ClN2O/c1-19-15-10-11(5-7-13(15)16)14(17)8-6-12-4-2-3-9-18-12/h2-5,7,9-10,14H,6,8,17H2,1H3. The molecule has 0 spiro atoms. The Bertz CT molecular complexity index is 531. The molecule has 4 heteroatoms. The summed E-state index contributed by atoms with van der Waals surface area (Å²) in [6.07, 6.45) is 3.49. The van der Waals surface area contributed by atoms with Crippen molar-refractivity contribution in [3.05, 3.63) is 58.9 Å². The van der Waals surface area contributed by atoms with E-state index in [9.17, 15) is 0 Å². The third-order valence-electron chi connectivity index (χ3n) is 3.04. The van der Waals surface area contributed by atoms with Gasteiger partial charge in [0.2, 0.25) is 0 Å². The Morgan fingerprint density at radius 2 is 2.16 bits per heavy atom. The van der Waals surface area contributed by atoms with Gasteiger partial charge in [0.15, 0.2) is 0 Å². The molecule has 2 N–H and O–H groups in total. The van der Waals surface area contributed by atoms with Crippen LogP contribution in [0.3, 0.4) is 0 Å². The molecule has 0 amide bonds. The fraction of sp³-hybridized carbons (Fsp3) is 0.267.